The molecule has 4 aliphatic heterocycles. The number of cyclic esters (lactones) is 1. The van der Waals surface area contributed by atoms with E-state index >= 15 is 0 Å². The molecule has 0 radical (unpaired) electrons. The molecule has 1 saturated heterocycles. The van der Waals surface area contributed by atoms with E-state index in [1.165, 1.54) is 0 Å². The molecular weight excluding hydrogens is 470 g/mol. The zero-order chi connectivity index (χ0) is 23.9. The summed E-state index contributed by atoms with van der Waals surface area (Å²) < 4.78 is 18.2. The van der Waals surface area contributed by atoms with E-state index in [1.807, 2.05) is 23.9 Å². The number of nitrogens with zero attached hydrogens (tertiary/aromatic N) is 3. The molecule has 6 heterocycles. The smallest absolute Gasteiger partial charge is 0.343 e. The summed E-state index contributed by atoms with van der Waals surface area (Å²) in [6.07, 6.45) is 0.111. The summed E-state index contributed by atoms with van der Waals surface area (Å²) in [6.45, 7) is 3.90. The van der Waals surface area contributed by atoms with Gasteiger partial charge < -0.3 is 28.8 Å². The predicted molar refractivity (Wildman–Crippen MR) is 130 cm³/mol. The number of hydrogen-bond acceptors (Lipinski definition) is 9. The van der Waals surface area contributed by atoms with E-state index in [4.69, 9.17) is 19.2 Å². The average Bonchev–Trinajstić information content (AvgIpc) is 3.48. The van der Waals surface area contributed by atoms with Crippen molar-refractivity contribution in [3.63, 3.8) is 0 Å². The molecule has 4 aliphatic rings. The first-order chi connectivity index (χ1) is 17.0. The lowest BCUT2D eigenvalue weighted by Gasteiger charge is -2.31. The Bertz CT molecular complexity index is 1500. The van der Waals surface area contributed by atoms with Gasteiger partial charge in [0, 0.05) is 47.2 Å². The number of thioether (sulfide) groups is 1. The number of carbonyl (C=O) groups excluding carboxylic acids is 1. The number of benzene rings is 1. The molecule has 1 aromatic carbocycles. The van der Waals surface area contributed by atoms with Crippen LogP contribution in [0.5, 0.6) is 11.5 Å². The Hall–Kier alpha value is -3.24. The molecule has 2 aromatic heterocycles. The molecule has 0 bridgehead atoms. The van der Waals surface area contributed by atoms with Gasteiger partial charge in [-0.3, -0.25) is 4.79 Å². The lowest BCUT2D eigenvalue weighted by atomic mass is 9.86. The highest BCUT2D eigenvalue weighted by Gasteiger charge is 2.45. The van der Waals surface area contributed by atoms with Crippen molar-refractivity contribution < 1.29 is 24.1 Å². The second-order valence-electron chi connectivity index (χ2n) is 9.21. The third-order valence-electron chi connectivity index (χ3n) is 7.48. The second-order valence-corrected chi connectivity index (χ2v) is 10.4. The van der Waals surface area contributed by atoms with Crippen LogP contribution >= 0.6 is 11.8 Å². The lowest BCUT2D eigenvalue weighted by Crippen LogP contribution is -2.44. The quantitative estimate of drug-likeness (QED) is 0.422. The fourth-order valence-electron chi connectivity index (χ4n) is 5.60. The number of ether oxygens (including phenoxy) is 3. The summed E-state index contributed by atoms with van der Waals surface area (Å²) in [5, 5.41) is 12.1. The van der Waals surface area contributed by atoms with Crippen LogP contribution in [0.2, 0.25) is 0 Å². The molecule has 7 rings (SSSR count). The van der Waals surface area contributed by atoms with Crippen molar-refractivity contribution in [2.75, 3.05) is 36.3 Å². The Morgan fingerprint density at radius 2 is 1.86 bits per heavy atom. The van der Waals surface area contributed by atoms with Crippen molar-refractivity contribution in [1.82, 2.24) is 9.55 Å². The molecule has 1 atom stereocenters. The molecule has 9 nitrogen and oxygen atoms in total. The Morgan fingerprint density at radius 3 is 2.63 bits per heavy atom. The first-order valence-electron chi connectivity index (χ1n) is 11.8. The van der Waals surface area contributed by atoms with Gasteiger partial charge in [-0.1, -0.05) is 6.92 Å². The van der Waals surface area contributed by atoms with Crippen LogP contribution in [0.15, 0.2) is 23.0 Å². The summed E-state index contributed by atoms with van der Waals surface area (Å²) in [5.41, 5.74) is 2.63. The number of carbonyl (C=O) groups is 1. The van der Waals surface area contributed by atoms with Crippen molar-refractivity contribution >= 4 is 34.3 Å². The summed E-state index contributed by atoms with van der Waals surface area (Å²) in [4.78, 5) is 33.4. The van der Waals surface area contributed by atoms with E-state index in [9.17, 15) is 14.7 Å². The van der Waals surface area contributed by atoms with E-state index in [1.54, 1.807) is 17.6 Å². The van der Waals surface area contributed by atoms with Crippen LogP contribution in [0.4, 0.5) is 5.69 Å². The number of fused-ring (bicyclic) bond motifs is 6. The molecule has 0 aliphatic carbocycles. The topological polar surface area (TPSA) is 103 Å². The number of esters is 1. The van der Waals surface area contributed by atoms with Crippen LogP contribution in [-0.4, -0.2) is 52.0 Å². The number of hydrogen-bond donors (Lipinski definition) is 1. The van der Waals surface area contributed by atoms with Gasteiger partial charge in [-0.05, 0) is 18.6 Å². The van der Waals surface area contributed by atoms with Gasteiger partial charge in [-0.2, -0.15) is 11.8 Å². The SMILES string of the molecule is CC[C@@]1(O)C(=O)OCc2c1cc1n(c2=O)Cc2c-1nc1cc3c(cc1c2N1CCSCC1)OCO3. The molecular formula is C25H23N3O6S. The van der Waals surface area contributed by atoms with Crippen LogP contribution in [0.3, 0.4) is 0 Å². The highest BCUT2D eigenvalue weighted by atomic mass is 32.2. The molecule has 35 heavy (non-hydrogen) atoms. The van der Waals surface area contributed by atoms with E-state index in [-0.39, 0.29) is 25.4 Å². The third-order valence-corrected chi connectivity index (χ3v) is 8.42. The van der Waals surface area contributed by atoms with Gasteiger partial charge >= 0.3 is 5.97 Å². The number of pyridine rings is 2. The second kappa shape index (κ2) is 7.38. The first-order valence-corrected chi connectivity index (χ1v) is 12.9. The summed E-state index contributed by atoms with van der Waals surface area (Å²) in [5.74, 6) is 2.66. The average molecular weight is 494 g/mol. The minimum Gasteiger partial charge on any atom is -0.458 e. The number of rotatable bonds is 2. The van der Waals surface area contributed by atoms with Gasteiger partial charge in [0.1, 0.15) is 6.61 Å². The largest absolute Gasteiger partial charge is 0.458 e. The maximum Gasteiger partial charge on any atom is 0.343 e. The zero-order valence-corrected chi connectivity index (χ0v) is 19.9. The van der Waals surface area contributed by atoms with Crippen LogP contribution in [0.1, 0.15) is 30.0 Å². The lowest BCUT2D eigenvalue weighted by molar-refractivity contribution is -0.172. The summed E-state index contributed by atoms with van der Waals surface area (Å²) in [7, 11) is 0. The zero-order valence-electron chi connectivity index (χ0n) is 19.1. The minimum atomic E-state index is -1.85. The molecule has 10 heteroatoms. The van der Waals surface area contributed by atoms with Crippen LogP contribution < -0.4 is 19.9 Å². The number of aliphatic hydroxyl groups is 1. The fourth-order valence-corrected chi connectivity index (χ4v) is 6.50. The first kappa shape index (κ1) is 21.1. The summed E-state index contributed by atoms with van der Waals surface area (Å²) >= 11 is 1.93. The fraction of sp³-hybridized carbons (Fsp3) is 0.400. The molecule has 0 amide bonds. The Balaban J connectivity index is 1.51. The van der Waals surface area contributed by atoms with E-state index < -0.39 is 11.6 Å². The van der Waals surface area contributed by atoms with E-state index in [0.717, 1.165) is 46.7 Å². The Labute approximate surface area is 204 Å². The molecule has 1 fully saturated rings. The number of aromatic nitrogens is 2. The van der Waals surface area contributed by atoms with Gasteiger partial charge in [0.15, 0.2) is 17.1 Å². The van der Waals surface area contributed by atoms with Crippen molar-refractivity contribution in [2.45, 2.75) is 32.1 Å². The van der Waals surface area contributed by atoms with Crippen LogP contribution in [0.25, 0.3) is 22.3 Å². The predicted octanol–water partition coefficient (Wildman–Crippen LogP) is 2.36. The molecule has 3 aromatic rings. The molecule has 0 saturated carbocycles. The van der Waals surface area contributed by atoms with E-state index in [0.29, 0.717) is 40.6 Å². The summed E-state index contributed by atoms with van der Waals surface area (Å²) in [6, 6.07) is 5.63. The van der Waals surface area contributed by atoms with Gasteiger partial charge in [0.25, 0.3) is 5.56 Å². The van der Waals surface area contributed by atoms with E-state index in [2.05, 4.69) is 4.90 Å². The third kappa shape index (κ3) is 2.83. The Kier molecular flexibility index (Phi) is 4.44. The van der Waals surface area contributed by atoms with Gasteiger partial charge in [-0.25, -0.2) is 9.78 Å². The van der Waals surface area contributed by atoms with Crippen molar-refractivity contribution in [1.29, 1.82) is 0 Å². The standard InChI is InChI=1S/C25H23N3O6S/c1-2-25(31)16-8-18-21-14(10-28(18)23(29)15(16)11-32-24(25)30)22(27-3-5-35-6-4-27)13-7-19-20(34-12-33-19)9-17(13)26-21/h7-9,31H,2-6,10-12H2,1H3/t25-/m0/s1. The normalized spacial score (nSPS) is 22.1. The van der Waals surface area contributed by atoms with Crippen LogP contribution in [-0.2, 0) is 28.3 Å². The molecule has 0 unspecified atom stereocenters. The van der Waals surface area contributed by atoms with Gasteiger partial charge in [0.2, 0.25) is 6.79 Å². The molecule has 1 N–H and O–H groups in total. The monoisotopic (exact) mass is 493 g/mol. The van der Waals surface area contributed by atoms with Crippen molar-refractivity contribution in [3.8, 4) is 22.9 Å². The van der Waals surface area contributed by atoms with Crippen LogP contribution in [0, 0.1) is 0 Å². The maximum absolute atomic E-state index is 13.6. The van der Waals surface area contributed by atoms with Gasteiger partial charge in [0.05, 0.1) is 34.7 Å². The minimum absolute atomic E-state index is 0.111. The van der Waals surface area contributed by atoms with Crippen molar-refractivity contribution in [3.05, 3.63) is 45.2 Å². The van der Waals surface area contributed by atoms with Crippen molar-refractivity contribution in [2.24, 2.45) is 0 Å². The molecule has 0 spiro atoms. The molecule has 180 valence electrons. The highest BCUT2D eigenvalue weighted by Crippen LogP contribution is 2.46. The highest BCUT2D eigenvalue weighted by molar-refractivity contribution is 7.99. The maximum atomic E-state index is 13.6. The van der Waals surface area contributed by atoms with Gasteiger partial charge in [-0.15, -0.1) is 0 Å². The number of anilines is 1. The Morgan fingerprint density at radius 1 is 1.09 bits per heavy atom.